The van der Waals surface area contributed by atoms with E-state index in [1.54, 1.807) is 6.26 Å². The lowest BCUT2D eigenvalue weighted by Gasteiger charge is -2.26. The van der Waals surface area contributed by atoms with Crippen molar-refractivity contribution in [2.24, 2.45) is 0 Å². The largest absolute Gasteiger partial charge is 0.378 e. The minimum Gasteiger partial charge on any atom is -0.378 e. The molecule has 1 fully saturated rings. The molecule has 0 aromatic heterocycles. The smallest absolute Gasteiger partial charge is 0.289 e. The summed E-state index contributed by atoms with van der Waals surface area (Å²) < 4.78 is 29.9. The minimum atomic E-state index is -4.09. The predicted octanol–water partition coefficient (Wildman–Crippen LogP) is 0.949. The van der Waals surface area contributed by atoms with Gasteiger partial charge in [-0.2, -0.15) is 0 Å². The first-order chi connectivity index (χ1) is 10.8. The van der Waals surface area contributed by atoms with Gasteiger partial charge in [-0.25, -0.2) is 8.42 Å². The second-order valence-electron chi connectivity index (χ2n) is 4.84. The molecule has 8 nitrogen and oxygen atoms in total. The summed E-state index contributed by atoms with van der Waals surface area (Å²) in [5.41, 5.74) is -0.508. The molecule has 2 rings (SSSR count). The topological polar surface area (TPSA) is 107 Å². The molecule has 126 valence electrons. The molecule has 1 aliphatic heterocycles. The van der Waals surface area contributed by atoms with E-state index in [-0.39, 0.29) is 0 Å². The Labute approximate surface area is 137 Å². The third-order valence-electron chi connectivity index (χ3n) is 3.38. The van der Waals surface area contributed by atoms with Gasteiger partial charge in [0.05, 0.1) is 18.1 Å². The fourth-order valence-corrected chi connectivity index (χ4v) is 4.00. The van der Waals surface area contributed by atoms with Crippen LogP contribution in [-0.2, 0) is 19.4 Å². The Hall–Kier alpha value is -1.65. The number of nitro groups is 1. The molecule has 23 heavy (non-hydrogen) atoms. The molecule has 0 atom stereocenters. The van der Waals surface area contributed by atoms with Gasteiger partial charge in [0.1, 0.15) is 10.6 Å². The first-order valence-electron chi connectivity index (χ1n) is 6.76. The van der Waals surface area contributed by atoms with Crippen molar-refractivity contribution >= 4 is 33.2 Å². The number of benzene rings is 1. The number of nitrogens with zero attached hydrogens (tertiary/aromatic N) is 2. The van der Waals surface area contributed by atoms with Gasteiger partial charge in [0.25, 0.3) is 5.69 Å². The van der Waals surface area contributed by atoms with Gasteiger partial charge in [0.2, 0.25) is 5.91 Å². The molecule has 1 aromatic carbocycles. The van der Waals surface area contributed by atoms with Gasteiger partial charge in [0.15, 0.2) is 9.84 Å². The normalized spacial score (nSPS) is 15.4. The Morgan fingerprint density at radius 1 is 1.39 bits per heavy atom. The van der Waals surface area contributed by atoms with E-state index in [0.717, 1.165) is 0 Å². The number of carbonyl (C=O) groups excluding carboxylic acids is 1. The first-order valence-corrected chi connectivity index (χ1v) is 9.63. The predicted molar refractivity (Wildman–Crippen MR) is 84.3 cm³/mol. The molecule has 10 heteroatoms. The maximum Gasteiger partial charge on any atom is 0.289 e. The Balaban J connectivity index is 2.28. The summed E-state index contributed by atoms with van der Waals surface area (Å²) in [7, 11) is -4.09. The Bertz CT molecular complexity index is 713. The van der Waals surface area contributed by atoms with Gasteiger partial charge >= 0.3 is 0 Å². The molecule has 1 amide bonds. The molecule has 0 unspecified atom stereocenters. The van der Waals surface area contributed by atoms with E-state index >= 15 is 0 Å². The highest BCUT2D eigenvalue weighted by molar-refractivity contribution is 7.98. The van der Waals surface area contributed by atoms with Crippen molar-refractivity contribution in [3.8, 4) is 0 Å². The average molecular weight is 360 g/mol. The lowest BCUT2D eigenvalue weighted by Crippen LogP contribution is -2.43. The van der Waals surface area contributed by atoms with Crippen LogP contribution in [-0.4, -0.2) is 62.5 Å². The number of rotatable bonds is 5. The fourth-order valence-electron chi connectivity index (χ4n) is 2.17. The van der Waals surface area contributed by atoms with E-state index in [4.69, 9.17) is 4.74 Å². The third kappa shape index (κ3) is 4.21. The molecule has 0 spiro atoms. The number of carbonyl (C=O) groups is 1. The molecule has 0 radical (unpaired) electrons. The summed E-state index contributed by atoms with van der Waals surface area (Å²) in [4.78, 5) is 24.1. The molecule has 0 bridgehead atoms. The van der Waals surface area contributed by atoms with Crippen LogP contribution in [0.1, 0.15) is 0 Å². The second-order valence-corrected chi connectivity index (χ2v) is 7.68. The lowest BCUT2D eigenvalue weighted by molar-refractivity contribution is -0.388. The van der Waals surface area contributed by atoms with Crippen LogP contribution in [0.15, 0.2) is 28.0 Å². The van der Waals surface area contributed by atoms with E-state index in [2.05, 4.69) is 0 Å². The van der Waals surface area contributed by atoms with Crippen molar-refractivity contribution in [1.82, 2.24) is 4.90 Å². The summed E-state index contributed by atoms with van der Waals surface area (Å²) in [5.74, 6) is -1.36. The minimum absolute atomic E-state index is 0.321. The van der Waals surface area contributed by atoms with Crippen molar-refractivity contribution in [1.29, 1.82) is 0 Å². The monoisotopic (exact) mass is 360 g/mol. The third-order valence-corrected chi connectivity index (χ3v) is 5.74. The molecule has 0 N–H and O–H groups in total. The molecule has 1 aliphatic rings. The second kappa shape index (κ2) is 7.28. The Morgan fingerprint density at radius 3 is 2.61 bits per heavy atom. The molecule has 1 saturated heterocycles. The van der Waals surface area contributed by atoms with Crippen LogP contribution in [0.25, 0.3) is 0 Å². The van der Waals surface area contributed by atoms with E-state index in [9.17, 15) is 23.3 Å². The van der Waals surface area contributed by atoms with E-state index in [1.807, 2.05) is 0 Å². The molecular weight excluding hydrogens is 344 g/mol. The maximum atomic E-state index is 12.4. The van der Waals surface area contributed by atoms with Crippen molar-refractivity contribution in [3.63, 3.8) is 0 Å². The van der Waals surface area contributed by atoms with Gasteiger partial charge in [-0.3, -0.25) is 14.9 Å². The standard InChI is InChI=1S/C13H16N2O6S2/c1-22-10-2-3-12(11(8-10)15(17)18)23(19,20)9-13(16)14-4-6-21-7-5-14/h2-3,8H,4-7,9H2,1H3. The molecule has 1 aromatic rings. The Morgan fingerprint density at radius 2 is 2.04 bits per heavy atom. The zero-order valence-electron chi connectivity index (χ0n) is 12.4. The number of hydrogen-bond donors (Lipinski definition) is 0. The fraction of sp³-hybridized carbons (Fsp3) is 0.462. The van der Waals surface area contributed by atoms with Gasteiger partial charge < -0.3 is 9.64 Å². The number of ether oxygens (including phenoxy) is 1. The van der Waals surface area contributed by atoms with Gasteiger partial charge in [-0.05, 0) is 18.4 Å². The maximum absolute atomic E-state index is 12.4. The van der Waals surface area contributed by atoms with E-state index in [0.29, 0.717) is 31.2 Å². The first kappa shape index (κ1) is 17.7. The van der Waals surface area contributed by atoms with Crippen LogP contribution in [0.3, 0.4) is 0 Å². The van der Waals surface area contributed by atoms with Crippen LogP contribution in [0.4, 0.5) is 5.69 Å². The highest BCUT2D eigenvalue weighted by Crippen LogP contribution is 2.29. The van der Waals surface area contributed by atoms with Crippen LogP contribution < -0.4 is 0 Å². The summed E-state index contributed by atoms with van der Waals surface area (Å²) in [6.45, 7) is 1.35. The molecular formula is C13H16N2O6S2. The van der Waals surface area contributed by atoms with Crippen LogP contribution >= 0.6 is 11.8 Å². The van der Waals surface area contributed by atoms with Gasteiger partial charge in [-0.1, -0.05) is 0 Å². The molecule has 1 heterocycles. The summed E-state index contributed by atoms with van der Waals surface area (Å²) in [5, 5.41) is 11.1. The quantitative estimate of drug-likeness (QED) is 0.437. The average Bonchev–Trinajstić information content (AvgIpc) is 2.54. The van der Waals surface area contributed by atoms with E-state index < -0.39 is 37.0 Å². The van der Waals surface area contributed by atoms with Gasteiger partial charge in [0, 0.05) is 24.1 Å². The number of nitro benzene ring substituents is 1. The van der Waals surface area contributed by atoms with Crippen LogP contribution in [0.2, 0.25) is 0 Å². The van der Waals surface area contributed by atoms with Crippen LogP contribution in [0.5, 0.6) is 0 Å². The van der Waals surface area contributed by atoms with Crippen molar-refractivity contribution in [2.45, 2.75) is 9.79 Å². The molecule has 0 saturated carbocycles. The summed E-state index contributed by atoms with van der Waals surface area (Å²) >= 11 is 1.27. The highest BCUT2D eigenvalue weighted by atomic mass is 32.2. The Kier molecular flexibility index (Phi) is 5.60. The summed E-state index contributed by atoms with van der Waals surface area (Å²) in [6, 6.07) is 3.88. The van der Waals surface area contributed by atoms with Crippen molar-refractivity contribution in [2.75, 3.05) is 38.3 Å². The SMILES string of the molecule is CSc1ccc(S(=O)(=O)CC(=O)N2CCOCC2)c([N+](=O)[O-])c1. The number of amides is 1. The van der Waals surface area contributed by atoms with Crippen molar-refractivity contribution in [3.05, 3.63) is 28.3 Å². The van der Waals surface area contributed by atoms with Crippen LogP contribution in [0, 0.1) is 10.1 Å². The van der Waals surface area contributed by atoms with Gasteiger partial charge in [-0.15, -0.1) is 11.8 Å². The zero-order chi connectivity index (χ0) is 17.0. The number of morpholine rings is 1. The summed E-state index contributed by atoms with van der Waals surface area (Å²) in [6.07, 6.45) is 1.73. The number of thioether (sulfide) groups is 1. The molecule has 0 aliphatic carbocycles. The zero-order valence-corrected chi connectivity index (χ0v) is 14.1. The number of sulfone groups is 1. The van der Waals surface area contributed by atoms with E-state index in [1.165, 1.54) is 34.9 Å². The lowest BCUT2D eigenvalue weighted by atomic mass is 10.3. The van der Waals surface area contributed by atoms with Crippen molar-refractivity contribution < 1.29 is 22.9 Å². The number of hydrogen-bond acceptors (Lipinski definition) is 7. The highest BCUT2D eigenvalue weighted by Gasteiger charge is 2.30.